The van der Waals surface area contributed by atoms with E-state index in [0.29, 0.717) is 25.2 Å². The zero-order valence-corrected chi connectivity index (χ0v) is 27.7. The molecule has 224 valence electrons. The molecule has 0 fully saturated rings. The van der Waals surface area contributed by atoms with Crippen LogP contribution in [0.4, 0.5) is 9.59 Å². The fourth-order valence-electron chi connectivity index (χ4n) is 2.44. The standard InChI is InChI=1S/C15H31NO4SSi.C10H19NO4S/c1-15(2,3)20-14(18)16-12(8-10-21-4)13(17)19-9-11-22(5,6)7;1-10(2,3)15-9(14)11-7(8(12)13)5-6-16-4/h12H,8-11H2,1-7H3,(H,16,18);7H,5-6H2,1-4H3,(H,11,14)(H,12,13). The van der Waals surface area contributed by atoms with E-state index < -0.39 is 49.5 Å². The molecule has 0 heterocycles. The van der Waals surface area contributed by atoms with Crippen molar-refractivity contribution in [3.05, 3.63) is 0 Å². The number of nitrogens with one attached hydrogen (secondary N) is 2. The Morgan fingerprint density at radius 2 is 1.18 bits per heavy atom. The monoisotopic (exact) mass is 598 g/mol. The number of carbonyl (C=O) groups excluding carboxylic acids is 3. The zero-order valence-electron chi connectivity index (χ0n) is 25.0. The highest BCUT2D eigenvalue weighted by molar-refractivity contribution is 7.98. The van der Waals surface area contributed by atoms with Crippen LogP contribution in [-0.4, -0.2) is 91.2 Å². The molecular weight excluding hydrogens is 549 g/mol. The van der Waals surface area contributed by atoms with E-state index in [1.54, 1.807) is 53.3 Å². The van der Waals surface area contributed by atoms with Crippen molar-refractivity contribution in [2.24, 2.45) is 0 Å². The van der Waals surface area contributed by atoms with E-state index in [4.69, 9.17) is 19.3 Å². The summed E-state index contributed by atoms with van der Waals surface area (Å²) >= 11 is 3.15. The van der Waals surface area contributed by atoms with Crippen molar-refractivity contribution in [1.82, 2.24) is 10.6 Å². The van der Waals surface area contributed by atoms with Gasteiger partial charge in [-0.25, -0.2) is 19.2 Å². The first kappa shape index (κ1) is 38.5. The van der Waals surface area contributed by atoms with Gasteiger partial charge in [-0.15, -0.1) is 0 Å². The Kier molecular flexibility index (Phi) is 18.9. The molecule has 0 aliphatic rings. The highest BCUT2D eigenvalue weighted by Crippen LogP contribution is 2.11. The quantitative estimate of drug-likeness (QED) is 0.147. The van der Waals surface area contributed by atoms with Crippen LogP contribution >= 0.6 is 23.5 Å². The summed E-state index contributed by atoms with van der Waals surface area (Å²) in [5, 5.41) is 13.8. The number of carbonyl (C=O) groups is 4. The summed E-state index contributed by atoms with van der Waals surface area (Å²) in [5.41, 5.74) is -1.21. The molecule has 0 aromatic rings. The summed E-state index contributed by atoms with van der Waals surface area (Å²) < 4.78 is 15.5. The van der Waals surface area contributed by atoms with Crippen LogP contribution in [0.2, 0.25) is 25.7 Å². The molecule has 38 heavy (non-hydrogen) atoms. The molecule has 0 bridgehead atoms. The highest BCUT2D eigenvalue weighted by Gasteiger charge is 2.26. The Labute approximate surface area is 238 Å². The van der Waals surface area contributed by atoms with Gasteiger partial charge in [0.15, 0.2) is 0 Å². The number of esters is 1. The molecule has 0 saturated carbocycles. The SMILES string of the molecule is CSCCC(NC(=O)OC(C)(C)C)C(=O)O.CSCCC(NC(=O)OC(C)(C)C)C(=O)OCC[Si](C)(C)C. The van der Waals surface area contributed by atoms with E-state index in [1.807, 2.05) is 12.5 Å². The van der Waals surface area contributed by atoms with E-state index in [9.17, 15) is 19.2 Å². The minimum absolute atomic E-state index is 0.377. The van der Waals surface area contributed by atoms with Crippen molar-refractivity contribution >= 4 is 55.7 Å². The number of amides is 2. The molecule has 0 radical (unpaired) electrons. The fraction of sp³-hybridized carbons (Fsp3) is 0.840. The number of rotatable bonds is 13. The predicted octanol–water partition coefficient (Wildman–Crippen LogP) is 5.23. The van der Waals surface area contributed by atoms with Crippen molar-refractivity contribution in [3.63, 3.8) is 0 Å². The highest BCUT2D eigenvalue weighted by atomic mass is 32.2. The molecule has 0 aromatic heterocycles. The minimum Gasteiger partial charge on any atom is -0.480 e. The third kappa shape index (κ3) is 24.7. The van der Waals surface area contributed by atoms with Crippen LogP contribution in [-0.2, 0) is 23.8 Å². The summed E-state index contributed by atoms with van der Waals surface area (Å²) in [6.45, 7) is 17.6. The normalized spacial score (nSPS) is 13.2. The summed E-state index contributed by atoms with van der Waals surface area (Å²) in [5.74, 6) is 0.0224. The predicted molar refractivity (Wildman–Crippen MR) is 159 cm³/mol. The number of alkyl carbamates (subject to hydrolysis) is 2. The third-order valence-electron chi connectivity index (χ3n) is 4.28. The van der Waals surface area contributed by atoms with Crippen LogP contribution in [0.5, 0.6) is 0 Å². The van der Waals surface area contributed by atoms with Gasteiger partial charge in [0.1, 0.15) is 23.3 Å². The molecule has 2 atom stereocenters. The van der Waals surface area contributed by atoms with Crippen molar-refractivity contribution in [2.75, 3.05) is 30.6 Å². The van der Waals surface area contributed by atoms with Crippen LogP contribution in [0.1, 0.15) is 54.4 Å². The maximum atomic E-state index is 12.1. The molecule has 0 saturated heterocycles. The number of carboxylic acids is 1. The van der Waals surface area contributed by atoms with Gasteiger partial charge < -0.3 is 30.0 Å². The second kappa shape index (κ2) is 18.6. The summed E-state index contributed by atoms with van der Waals surface area (Å²) in [6, 6.07) is -0.619. The molecule has 10 nitrogen and oxygen atoms in total. The number of thioether (sulfide) groups is 2. The van der Waals surface area contributed by atoms with Gasteiger partial charge in [0.2, 0.25) is 0 Å². The lowest BCUT2D eigenvalue weighted by molar-refractivity contribution is -0.145. The number of hydrogen-bond donors (Lipinski definition) is 3. The van der Waals surface area contributed by atoms with Crippen LogP contribution in [0.15, 0.2) is 0 Å². The van der Waals surface area contributed by atoms with Crippen LogP contribution in [0.3, 0.4) is 0 Å². The minimum atomic E-state index is -1.24. The molecule has 2 unspecified atom stereocenters. The van der Waals surface area contributed by atoms with E-state index in [0.717, 1.165) is 11.8 Å². The van der Waals surface area contributed by atoms with Crippen LogP contribution < -0.4 is 10.6 Å². The topological polar surface area (TPSA) is 140 Å². The average molecular weight is 599 g/mol. The summed E-state index contributed by atoms with van der Waals surface area (Å²) in [6.07, 6.45) is 3.48. The smallest absolute Gasteiger partial charge is 0.408 e. The molecule has 3 N–H and O–H groups in total. The Hall–Kier alpha value is -1.60. The second-order valence-corrected chi connectivity index (χ2v) is 19.4. The van der Waals surface area contributed by atoms with Gasteiger partial charge in [0.05, 0.1) is 6.61 Å². The van der Waals surface area contributed by atoms with Crippen LogP contribution in [0, 0.1) is 0 Å². The van der Waals surface area contributed by atoms with E-state index >= 15 is 0 Å². The van der Waals surface area contributed by atoms with E-state index in [1.165, 1.54) is 11.8 Å². The first-order valence-electron chi connectivity index (χ1n) is 12.6. The molecule has 2 amide bonds. The maximum Gasteiger partial charge on any atom is 0.408 e. The molecule has 0 aliphatic heterocycles. The first-order valence-corrected chi connectivity index (χ1v) is 19.1. The van der Waals surface area contributed by atoms with Gasteiger partial charge in [-0.05, 0) is 84.4 Å². The first-order chi connectivity index (χ1) is 17.2. The molecular formula is C25H50N2O8S2Si. The second-order valence-electron chi connectivity index (χ2n) is 11.8. The van der Waals surface area contributed by atoms with Gasteiger partial charge in [0.25, 0.3) is 0 Å². The average Bonchev–Trinajstić information content (AvgIpc) is 2.70. The summed E-state index contributed by atoms with van der Waals surface area (Å²) in [4.78, 5) is 46.1. The number of hydrogen-bond acceptors (Lipinski definition) is 9. The van der Waals surface area contributed by atoms with E-state index in [2.05, 4.69) is 30.3 Å². The van der Waals surface area contributed by atoms with Gasteiger partial charge in [0, 0.05) is 8.07 Å². The van der Waals surface area contributed by atoms with Gasteiger partial charge in [-0.1, -0.05) is 19.6 Å². The molecule has 0 rings (SSSR count). The largest absolute Gasteiger partial charge is 0.480 e. The van der Waals surface area contributed by atoms with Crippen LogP contribution in [0.25, 0.3) is 0 Å². The maximum absolute atomic E-state index is 12.1. The van der Waals surface area contributed by atoms with Crippen molar-refractivity contribution in [2.45, 2.75) is 103 Å². The van der Waals surface area contributed by atoms with Gasteiger partial charge in [-0.3, -0.25) is 0 Å². The lowest BCUT2D eigenvalue weighted by Crippen LogP contribution is -2.44. The van der Waals surface area contributed by atoms with Crippen molar-refractivity contribution in [3.8, 4) is 0 Å². The molecule has 13 heteroatoms. The lowest BCUT2D eigenvalue weighted by Gasteiger charge is -2.23. The molecule has 0 aromatic carbocycles. The molecule has 0 spiro atoms. The Morgan fingerprint density at radius 3 is 1.53 bits per heavy atom. The Bertz CT molecular complexity index is 734. The zero-order chi connectivity index (χ0) is 30.2. The van der Waals surface area contributed by atoms with Crippen molar-refractivity contribution < 1.29 is 38.5 Å². The molecule has 0 aliphatic carbocycles. The fourth-order valence-corrected chi connectivity index (χ4v) is 4.09. The number of aliphatic carboxylic acids is 1. The number of ether oxygens (including phenoxy) is 3. The number of carboxylic acid groups (broad SMARTS) is 1. The lowest BCUT2D eigenvalue weighted by atomic mass is 10.2. The Balaban J connectivity index is 0. The summed E-state index contributed by atoms with van der Waals surface area (Å²) in [7, 11) is -1.24. The third-order valence-corrected chi connectivity index (χ3v) is 7.27. The van der Waals surface area contributed by atoms with Gasteiger partial charge in [-0.2, -0.15) is 23.5 Å². The van der Waals surface area contributed by atoms with Gasteiger partial charge >= 0.3 is 24.1 Å². The van der Waals surface area contributed by atoms with Crippen molar-refractivity contribution in [1.29, 1.82) is 0 Å². The van der Waals surface area contributed by atoms with E-state index in [-0.39, 0.29) is 5.97 Å². The Morgan fingerprint density at radius 1 is 0.789 bits per heavy atom.